The van der Waals surface area contributed by atoms with Gasteiger partial charge in [0.1, 0.15) is 5.82 Å². The maximum absolute atomic E-state index is 13.4. The van der Waals surface area contributed by atoms with Crippen LogP contribution in [0, 0.1) is 5.82 Å². The first-order valence-electron chi connectivity index (χ1n) is 5.90. The molecule has 0 aliphatic heterocycles. The fourth-order valence-electron chi connectivity index (χ4n) is 1.97. The van der Waals surface area contributed by atoms with Crippen molar-refractivity contribution in [2.75, 3.05) is 0 Å². The second-order valence-corrected chi connectivity index (χ2v) is 5.65. The van der Waals surface area contributed by atoms with E-state index in [0.29, 0.717) is 11.1 Å². The first-order valence-corrected chi connectivity index (χ1v) is 7.07. The van der Waals surface area contributed by atoms with E-state index in [9.17, 15) is 14.3 Å². The summed E-state index contributed by atoms with van der Waals surface area (Å²) in [4.78, 5) is 11.4. The van der Waals surface area contributed by atoms with Gasteiger partial charge < -0.3 is 5.11 Å². The number of benzene rings is 2. The van der Waals surface area contributed by atoms with Gasteiger partial charge in [-0.3, -0.25) is 4.79 Å². The van der Waals surface area contributed by atoms with E-state index < -0.39 is 17.7 Å². The molecule has 0 amide bonds. The largest absolute Gasteiger partial charge is 0.481 e. The van der Waals surface area contributed by atoms with E-state index >= 15 is 0 Å². The summed E-state index contributed by atoms with van der Waals surface area (Å²) in [7, 11) is 0. The van der Waals surface area contributed by atoms with Gasteiger partial charge in [0.15, 0.2) is 0 Å². The summed E-state index contributed by atoms with van der Waals surface area (Å²) >= 11 is 9.18. The van der Waals surface area contributed by atoms with Crippen LogP contribution < -0.4 is 0 Å². The topological polar surface area (TPSA) is 37.3 Å². The van der Waals surface area contributed by atoms with Gasteiger partial charge in [0.05, 0.1) is 10.9 Å². The minimum atomic E-state index is -0.965. The molecule has 0 bridgehead atoms. The highest BCUT2D eigenvalue weighted by Gasteiger charge is 2.22. The molecule has 0 aromatic heterocycles. The molecule has 1 unspecified atom stereocenters. The van der Waals surface area contributed by atoms with Crippen LogP contribution >= 0.6 is 27.5 Å². The second-order valence-electron chi connectivity index (χ2n) is 4.36. The molecule has 0 aliphatic carbocycles. The number of hydrogen-bond donors (Lipinski definition) is 1. The van der Waals surface area contributed by atoms with E-state index in [2.05, 4.69) is 15.9 Å². The zero-order chi connectivity index (χ0) is 14.7. The Morgan fingerprint density at radius 2 is 1.90 bits per heavy atom. The Balaban J connectivity index is 2.33. The van der Waals surface area contributed by atoms with Gasteiger partial charge in [-0.05, 0) is 35.7 Å². The molecule has 1 N–H and O–H groups in total. The van der Waals surface area contributed by atoms with Crippen molar-refractivity contribution in [3.8, 4) is 0 Å². The van der Waals surface area contributed by atoms with Crippen molar-refractivity contribution in [1.29, 1.82) is 0 Å². The summed E-state index contributed by atoms with van der Waals surface area (Å²) in [5.41, 5.74) is 1.14. The standard InChI is InChI=1S/C15H11BrClFO2/c16-11-6-4-9(5-7-11)12(15(19)20)8-10-2-1-3-13(18)14(10)17/h1-7,12H,8H2,(H,19,20). The molecule has 0 fully saturated rings. The smallest absolute Gasteiger partial charge is 0.311 e. The van der Waals surface area contributed by atoms with Gasteiger partial charge in [-0.25, -0.2) is 4.39 Å². The molecule has 0 heterocycles. The average Bonchev–Trinajstić information content (AvgIpc) is 2.41. The Hall–Kier alpha value is -1.39. The zero-order valence-electron chi connectivity index (χ0n) is 10.3. The third-order valence-electron chi connectivity index (χ3n) is 3.03. The number of hydrogen-bond acceptors (Lipinski definition) is 1. The summed E-state index contributed by atoms with van der Waals surface area (Å²) < 4.78 is 14.3. The van der Waals surface area contributed by atoms with Gasteiger partial charge in [0.25, 0.3) is 0 Å². The highest BCUT2D eigenvalue weighted by atomic mass is 79.9. The van der Waals surface area contributed by atoms with Crippen LogP contribution in [-0.2, 0) is 11.2 Å². The minimum absolute atomic E-state index is 0.0177. The highest BCUT2D eigenvalue weighted by molar-refractivity contribution is 9.10. The SMILES string of the molecule is O=C(O)C(Cc1cccc(F)c1Cl)c1ccc(Br)cc1. The average molecular weight is 358 g/mol. The molecule has 0 radical (unpaired) electrons. The predicted octanol–water partition coefficient (Wildman–Crippen LogP) is 4.65. The van der Waals surface area contributed by atoms with Crippen molar-refractivity contribution >= 4 is 33.5 Å². The number of halogens is 3. The van der Waals surface area contributed by atoms with Crippen molar-refractivity contribution in [3.63, 3.8) is 0 Å². The molecule has 104 valence electrons. The van der Waals surface area contributed by atoms with Gasteiger partial charge in [0.2, 0.25) is 0 Å². The summed E-state index contributed by atoms with van der Waals surface area (Å²) in [6, 6.07) is 11.4. The number of carboxylic acids is 1. The molecule has 20 heavy (non-hydrogen) atoms. The molecule has 0 aliphatic rings. The molecule has 2 rings (SSSR count). The fourth-order valence-corrected chi connectivity index (χ4v) is 2.44. The van der Waals surface area contributed by atoms with E-state index in [1.54, 1.807) is 30.3 Å². The molecule has 0 saturated carbocycles. The van der Waals surface area contributed by atoms with Crippen LogP contribution in [-0.4, -0.2) is 11.1 Å². The first-order chi connectivity index (χ1) is 9.49. The van der Waals surface area contributed by atoms with Crippen molar-refractivity contribution in [2.45, 2.75) is 12.3 Å². The molecule has 0 saturated heterocycles. The van der Waals surface area contributed by atoms with E-state index in [4.69, 9.17) is 11.6 Å². The van der Waals surface area contributed by atoms with Crippen molar-refractivity contribution in [3.05, 3.63) is 68.9 Å². The maximum atomic E-state index is 13.4. The molecular formula is C15H11BrClFO2. The van der Waals surface area contributed by atoms with Crippen molar-refractivity contribution < 1.29 is 14.3 Å². The zero-order valence-corrected chi connectivity index (χ0v) is 12.7. The quantitative estimate of drug-likeness (QED) is 0.864. The lowest BCUT2D eigenvalue weighted by molar-refractivity contribution is -0.138. The van der Waals surface area contributed by atoms with Gasteiger partial charge in [-0.1, -0.05) is 51.8 Å². The van der Waals surface area contributed by atoms with Gasteiger partial charge in [-0.2, -0.15) is 0 Å². The van der Waals surface area contributed by atoms with Crippen LogP contribution in [0.2, 0.25) is 5.02 Å². The third kappa shape index (κ3) is 3.38. The van der Waals surface area contributed by atoms with E-state index in [1.807, 2.05) is 0 Å². The molecule has 0 spiro atoms. The molecular weight excluding hydrogens is 347 g/mol. The van der Waals surface area contributed by atoms with Gasteiger partial charge >= 0.3 is 5.97 Å². The lowest BCUT2D eigenvalue weighted by Crippen LogP contribution is -2.14. The van der Waals surface area contributed by atoms with Gasteiger partial charge in [0, 0.05) is 4.47 Å². The molecule has 1 atom stereocenters. The van der Waals surface area contributed by atoms with Crippen LogP contribution in [0.5, 0.6) is 0 Å². The Morgan fingerprint density at radius 3 is 2.50 bits per heavy atom. The van der Waals surface area contributed by atoms with Crippen molar-refractivity contribution in [1.82, 2.24) is 0 Å². The minimum Gasteiger partial charge on any atom is -0.481 e. The maximum Gasteiger partial charge on any atom is 0.311 e. The Bertz CT molecular complexity index is 628. The number of carboxylic acid groups (broad SMARTS) is 1. The van der Waals surface area contributed by atoms with E-state index in [-0.39, 0.29) is 11.4 Å². The predicted molar refractivity (Wildman–Crippen MR) is 79.6 cm³/mol. The lowest BCUT2D eigenvalue weighted by Gasteiger charge is -2.14. The van der Waals surface area contributed by atoms with Gasteiger partial charge in [-0.15, -0.1) is 0 Å². The van der Waals surface area contributed by atoms with Crippen LogP contribution in [0.1, 0.15) is 17.0 Å². The third-order valence-corrected chi connectivity index (χ3v) is 3.98. The van der Waals surface area contributed by atoms with Crippen LogP contribution in [0.25, 0.3) is 0 Å². The first kappa shape index (κ1) is 15.0. The Morgan fingerprint density at radius 1 is 1.25 bits per heavy atom. The van der Waals surface area contributed by atoms with Crippen LogP contribution in [0.4, 0.5) is 4.39 Å². The summed E-state index contributed by atoms with van der Waals surface area (Å²) in [5, 5.41) is 9.35. The number of aliphatic carboxylic acids is 1. The number of rotatable bonds is 4. The fraction of sp³-hybridized carbons (Fsp3) is 0.133. The Kier molecular flexibility index (Phi) is 4.78. The molecule has 5 heteroatoms. The summed E-state index contributed by atoms with van der Waals surface area (Å²) in [6.07, 6.45) is 0.146. The van der Waals surface area contributed by atoms with Crippen LogP contribution in [0.3, 0.4) is 0 Å². The lowest BCUT2D eigenvalue weighted by atomic mass is 9.92. The molecule has 2 aromatic rings. The van der Waals surface area contributed by atoms with Crippen molar-refractivity contribution in [2.24, 2.45) is 0 Å². The molecule has 2 nitrogen and oxygen atoms in total. The van der Waals surface area contributed by atoms with Crippen LogP contribution in [0.15, 0.2) is 46.9 Å². The monoisotopic (exact) mass is 356 g/mol. The number of carbonyl (C=O) groups is 1. The summed E-state index contributed by atoms with van der Waals surface area (Å²) in [5.74, 6) is -2.26. The summed E-state index contributed by atoms with van der Waals surface area (Å²) in [6.45, 7) is 0. The second kappa shape index (κ2) is 6.37. The Labute approximate surface area is 129 Å². The molecule has 2 aromatic carbocycles. The van der Waals surface area contributed by atoms with E-state index in [0.717, 1.165) is 4.47 Å². The van der Waals surface area contributed by atoms with E-state index in [1.165, 1.54) is 12.1 Å². The highest BCUT2D eigenvalue weighted by Crippen LogP contribution is 2.28. The normalized spacial score (nSPS) is 12.2.